The third-order valence-electron chi connectivity index (χ3n) is 2.77. The largest absolute Gasteiger partial charge is 0.473 e. The van der Waals surface area contributed by atoms with Gasteiger partial charge in [-0.1, -0.05) is 18.5 Å². The van der Waals surface area contributed by atoms with Crippen LogP contribution in [0.2, 0.25) is 5.02 Å². The van der Waals surface area contributed by atoms with Crippen LogP contribution in [0.25, 0.3) is 0 Å². The molecule has 4 heteroatoms. The lowest BCUT2D eigenvalue weighted by Crippen LogP contribution is -2.25. The maximum absolute atomic E-state index is 6.12. The number of rotatable bonds is 5. The number of nitrogens with one attached hydrogen (secondary N) is 1. The first kappa shape index (κ1) is 11.7. The minimum absolute atomic E-state index is 0.324. The molecule has 0 spiro atoms. The highest BCUT2D eigenvalue weighted by atomic mass is 35.5. The van der Waals surface area contributed by atoms with E-state index in [1.54, 1.807) is 0 Å². The molecule has 0 atom stereocenters. The molecule has 1 aromatic heterocycles. The lowest BCUT2D eigenvalue weighted by atomic mass is 9.96. The van der Waals surface area contributed by atoms with E-state index >= 15 is 0 Å². The third kappa shape index (κ3) is 2.86. The Morgan fingerprint density at radius 1 is 1.56 bits per heavy atom. The van der Waals surface area contributed by atoms with Crippen LogP contribution in [0.15, 0.2) is 12.3 Å². The fourth-order valence-corrected chi connectivity index (χ4v) is 1.80. The molecule has 1 aromatic rings. The molecule has 0 unspecified atom stereocenters. The van der Waals surface area contributed by atoms with E-state index in [2.05, 4.69) is 17.2 Å². The Bertz CT molecular complexity index is 353. The average Bonchev–Trinajstić information content (AvgIpc) is 2.22. The zero-order valence-corrected chi connectivity index (χ0v) is 10.3. The van der Waals surface area contributed by atoms with Gasteiger partial charge in [-0.2, -0.15) is 0 Å². The molecule has 0 bridgehead atoms. The highest BCUT2D eigenvalue weighted by Gasteiger charge is 2.20. The van der Waals surface area contributed by atoms with Gasteiger partial charge in [-0.05, 0) is 37.4 Å². The summed E-state index contributed by atoms with van der Waals surface area (Å²) < 4.78 is 5.68. The van der Waals surface area contributed by atoms with Gasteiger partial charge in [-0.25, -0.2) is 4.98 Å². The second kappa shape index (κ2) is 5.51. The van der Waals surface area contributed by atoms with Crippen molar-refractivity contribution >= 4 is 11.6 Å². The van der Waals surface area contributed by atoms with Gasteiger partial charge in [0, 0.05) is 12.7 Å². The van der Waals surface area contributed by atoms with Gasteiger partial charge in [-0.15, -0.1) is 0 Å². The standard InChI is InChI=1S/C12H17ClN2O/c1-2-14-7-9-6-11(13)12(15-8-9)16-10-4-3-5-10/h6,8,10,14H,2-5,7H2,1H3. The molecular formula is C12H17ClN2O. The summed E-state index contributed by atoms with van der Waals surface area (Å²) in [4.78, 5) is 4.26. The Labute approximate surface area is 101 Å². The van der Waals surface area contributed by atoms with E-state index in [-0.39, 0.29) is 0 Å². The van der Waals surface area contributed by atoms with E-state index in [1.165, 1.54) is 6.42 Å². The quantitative estimate of drug-likeness (QED) is 0.860. The van der Waals surface area contributed by atoms with Crippen molar-refractivity contribution in [2.75, 3.05) is 6.54 Å². The first-order chi connectivity index (χ1) is 7.79. The van der Waals surface area contributed by atoms with Gasteiger partial charge in [0.15, 0.2) is 0 Å². The van der Waals surface area contributed by atoms with Gasteiger partial charge >= 0.3 is 0 Å². The summed E-state index contributed by atoms with van der Waals surface area (Å²) in [7, 11) is 0. The van der Waals surface area contributed by atoms with Crippen molar-refractivity contribution < 1.29 is 4.74 Å². The summed E-state index contributed by atoms with van der Waals surface area (Å²) in [5, 5.41) is 3.85. The Kier molecular flexibility index (Phi) is 4.02. The van der Waals surface area contributed by atoms with Crippen LogP contribution in [0.5, 0.6) is 5.88 Å². The molecule has 1 N–H and O–H groups in total. The van der Waals surface area contributed by atoms with Gasteiger partial charge < -0.3 is 10.1 Å². The summed E-state index contributed by atoms with van der Waals surface area (Å²) in [6.07, 6.45) is 5.64. The molecule has 16 heavy (non-hydrogen) atoms. The Morgan fingerprint density at radius 3 is 2.94 bits per heavy atom. The normalized spacial score (nSPS) is 15.9. The molecule has 1 aliphatic rings. The van der Waals surface area contributed by atoms with Gasteiger partial charge in [0.2, 0.25) is 5.88 Å². The summed E-state index contributed by atoms with van der Waals surface area (Å²) in [6, 6.07) is 1.92. The highest BCUT2D eigenvalue weighted by molar-refractivity contribution is 6.31. The van der Waals surface area contributed by atoms with Crippen LogP contribution in [-0.4, -0.2) is 17.6 Å². The van der Waals surface area contributed by atoms with E-state index in [4.69, 9.17) is 16.3 Å². The van der Waals surface area contributed by atoms with Crippen LogP contribution in [0.1, 0.15) is 31.7 Å². The predicted molar refractivity (Wildman–Crippen MR) is 64.9 cm³/mol. The molecule has 0 aromatic carbocycles. The summed E-state index contributed by atoms with van der Waals surface area (Å²) in [5.41, 5.74) is 1.09. The van der Waals surface area contributed by atoms with Crippen LogP contribution >= 0.6 is 11.6 Å². The van der Waals surface area contributed by atoms with Crippen LogP contribution in [0, 0.1) is 0 Å². The first-order valence-corrected chi connectivity index (χ1v) is 6.19. The van der Waals surface area contributed by atoms with Crippen LogP contribution < -0.4 is 10.1 Å². The van der Waals surface area contributed by atoms with Crippen LogP contribution in [0.3, 0.4) is 0 Å². The Balaban J connectivity index is 1.97. The Morgan fingerprint density at radius 2 is 2.38 bits per heavy atom. The van der Waals surface area contributed by atoms with Crippen molar-refractivity contribution in [3.05, 3.63) is 22.8 Å². The van der Waals surface area contributed by atoms with E-state index in [1.807, 2.05) is 12.3 Å². The monoisotopic (exact) mass is 240 g/mol. The molecule has 0 amide bonds. The number of nitrogens with zero attached hydrogens (tertiary/aromatic N) is 1. The average molecular weight is 241 g/mol. The van der Waals surface area contributed by atoms with Crippen molar-refractivity contribution in [1.29, 1.82) is 0 Å². The van der Waals surface area contributed by atoms with Crippen molar-refractivity contribution in [2.45, 2.75) is 38.8 Å². The molecule has 1 saturated carbocycles. The van der Waals surface area contributed by atoms with Crippen LogP contribution in [-0.2, 0) is 6.54 Å². The highest BCUT2D eigenvalue weighted by Crippen LogP contribution is 2.29. The van der Waals surface area contributed by atoms with Crippen molar-refractivity contribution in [3.63, 3.8) is 0 Å². The minimum atomic E-state index is 0.324. The van der Waals surface area contributed by atoms with Gasteiger partial charge in [0.1, 0.15) is 11.1 Å². The lowest BCUT2D eigenvalue weighted by Gasteiger charge is -2.26. The van der Waals surface area contributed by atoms with Gasteiger partial charge in [0.05, 0.1) is 0 Å². The molecular weight excluding hydrogens is 224 g/mol. The van der Waals surface area contributed by atoms with E-state index < -0.39 is 0 Å². The molecule has 1 heterocycles. The lowest BCUT2D eigenvalue weighted by molar-refractivity contribution is 0.115. The second-order valence-corrected chi connectivity index (χ2v) is 4.49. The Hall–Kier alpha value is -0.800. The summed E-state index contributed by atoms with van der Waals surface area (Å²) in [6.45, 7) is 3.81. The van der Waals surface area contributed by atoms with E-state index in [0.29, 0.717) is 17.0 Å². The number of hydrogen-bond acceptors (Lipinski definition) is 3. The zero-order chi connectivity index (χ0) is 11.4. The number of aromatic nitrogens is 1. The third-order valence-corrected chi connectivity index (χ3v) is 3.04. The predicted octanol–water partition coefficient (Wildman–Crippen LogP) is 2.78. The van der Waals surface area contributed by atoms with E-state index in [9.17, 15) is 0 Å². The fourth-order valence-electron chi connectivity index (χ4n) is 1.56. The van der Waals surface area contributed by atoms with Crippen molar-refractivity contribution in [3.8, 4) is 5.88 Å². The molecule has 2 rings (SSSR count). The summed E-state index contributed by atoms with van der Waals surface area (Å²) >= 11 is 6.12. The fraction of sp³-hybridized carbons (Fsp3) is 0.583. The topological polar surface area (TPSA) is 34.2 Å². The molecule has 3 nitrogen and oxygen atoms in total. The maximum atomic E-state index is 6.12. The molecule has 0 aliphatic heterocycles. The molecule has 1 fully saturated rings. The number of pyridine rings is 1. The number of ether oxygens (including phenoxy) is 1. The summed E-state index contributed by atoms with van der Waals surface area (Å²) in [5.74, 6) is 0.576. The zero-order valence-electron chi connectivity index (χ0n) is 9.50. The van der Waals surface area contributed by atoms with Gasteiger partial charge in [0.25, 0.3) is 0 Å². The molecule has 0 saturated heterocycles. The van der Waals surface area contributed by atoms with Crippen molar-refractivity contribution in [2.24, 2.45) is 0 Å². The molecule has 1 aliphatic carbocycles. The molecule has 88 valence electrons. The number of hydrogen-bond donors (Lipinski definition) is 1. The molecule has 0 radical (unpaired) electrons. The minimum Gasteiger partial charge on any atom is -0.473 e. The van der Waals surface area contributed by atoms with Gasteiger partial charge in [-0.3, -0.25) is 0 Å². The maximum Gasteiger partial charge on any atom is 0.232 e. The number of halogens is 1. The smallest absolute Gasteiger partial charge is 0.232 e. The van der Waals surface area contributed by atoms with Crippen LogP contribution in [0.4, 0.5) is 0 Å². The van der Waals surface area contributed by atoms with Crippen molar-refractivity contribution in [1.82, 2.24) is 10.3 Å². The second-order valence-electron chi connectivity index (χ2n) is 4.08. The SMILES string of the molecule is CCNCc1cnc(OC2CCC2)c(Cl)c1. The first-order valence-electron chi connectivity index (χ1n) is 5.81. The van der Waals surface area contributed by atoms with E-state index in [0.717, 1.165) is 31.5 Å².